The van der Waals surface area contributed by atoms with Crippen molar-refractivity contribution in [2.45, 2.75) is 26.0 Å². The Labute approximate surface area is 106 Å². The van der Waals surface area contributed by atoms with Crippen molar-refractivity contribution < 1.29 is 9.84 Å². The molecule has 0 aliphatic carbocycles. The molecule has 6 nitrogen and oxygen atoms in total. The fraction of sp³-hybridized carbons (Fsp3) is 0.500. The summed E-state index contributed by atoms with van der Waals surface area (Å²) in [5.74, 6) is 0.583. The van der Waals surface area contributed by atoms with Crippen molar-refractivity contribution in [3.63, 3.8) is 0 Å². The first-order valence-corrected chi connectivity index (χ1v) is 5.82. The SMILES string of the molecule is COc1cnn(C(C)C)c1C(O)c1cnn(C)c1. The second-order valence-electron chi connectivity index (χ2n) is 4.49. The van der Waals surface area contributed by atoms with Crippen LogP contribution < -0.4 is 4.74 Å². The van der Waals surface area contributed by atoms with Crippen LogP contribution in [0.3, 0.4) is 0 Å². The normalized spacial score (nSPS) is 13.0. The van der Waals surface area contributed by atoms with Gasteiger partial charge in [-0.05, 0) is 13.8 Å². The molecule has 0 spiro atoms. The predicted molar refractivity (Wildman–Crippen MR) is 66.4 cm³/mol. The summed E-state index contributed by atoms with van der Waals surface area (Å²) in [6, 6.07) is 0.148. The molecule has 0 aliphatic heterocycles. The monoisotopic (exact) mass is 250 g/mol. The van der Waals surface area contributed by atoms with Crippen LogP contribution >= 0.6 is 0 Å². The molecule has 0 radical (unpaired) electrons. The number of hydrogen-bond donors (Lipinski definition) is 1. The number of nitrogens with zero attached hydrogens (tertiary/aromatic N) is 4. The highest BCUT2D eigenvalue weighted by molar-refractivity contribution is 5.33. The maximum Gasteiger partial charge on any atom is 0.163 e. The van der Waals surface area contributed by atoms with Crippen LogP contribution in [-0.4, -0.2) is 31.8 Å². The fourth-order valence-electron chi connectivity index (χ4n) is 1.92. The number of hydrogen-bond acceptors (Lipinski definition) is 4. The minimum absolute atomic E-state index is 0.148. The molecule has 2 rings (SSSR count). The zero-order valence-corrected chi connectivity index (χ0v) is 11.0. The Morgan fingerprint density at radius 2 is 2.00 bits per heavy atom. The lowest BCUT2D eigenvalue weighted by Gasteiger charge is -2.16. The maximum atomic E-state index is 10.4. The zero-order valence-electron chi connectivity index (χ0n) is 11.0. The Kier molecular flexibility index (Phi) is 3.38. The molecule has 0 aromatic carbocycles. The molecule has 98 valence electrons. The van der Waals surface area contributed by atoms with E-state index in [1.165, 1.54) is 0 Å². The van der Waals surface area contributed by atoms with Gasteiger partial charge in [-0.2, -0.15) is 10.2 Å². The van der Waals surface area contributed by atoms with Crippen LogP contribution in [-0.2, 0) is 7.05 Å². The Morgan fingerprint density at radius 1 is 1.28 bits per heavy atom. The van der Waals surface area contributed by atoms with E-state index in [1.807, 2.05) is 20.9 Å². The summed E-state index contributed by atoms with van der Waals surface area (Å²) in [5.41, 5.74) is 1.37. The molecule has 1 atom stereocenters. The summed E-state index contributed by atoms with van der Waals surface area (Å²) in [7, 11) is 3.38. The van der Waals surface area contributed by atoms with Crippen LogP contribution in [0.2, 0.25) is 0 Å². The Bertz CT molecular complexity index is 530. The van der Waals surface area contributed by atoms with Crippen molar-refractivity contribution in [3.8, 4) is 5.75 Å². The van der Waals surface area contributed by atoms with Gasteiger partial charge >= 0.3 is 0 Å². The topological polar surface area (TPSA) is 65.1 Å². The highest BCUT2D eigenvalue weighted by Crippen LogP contribution is 2.31. The van der Waals surface area contributed by atoms with Gasteiger partial charge in [0.2, 0.25) is 0 Å². The average molecular weight is 250 g/mol. The lowest BCUT2D eigenvalue weighted by atomic mass is 10.1. The van der Waals surface area contributed by atoms with Crippen molar-refractivity contribution >= 4 is 0 Å². The second kappa shape index (κ2) is 4.81. The van der Waals surface area contributed by atoms with Gasteiger partial charge in [-0.25, -0.2) is 0 Å². The van der Waals surface area contributed by atoms with Crippen LogP contribution in [0.5, 0.6) is 5.75 Å². The molecular weight excluding hydrogens is 232 g/mol. The Balaban J connectivity index is 2.45. The van der Waals surface area contributed by atoms with Crippen molar-refractivity contribution in [1.82, 2.24) is 19.6 Å². The minimum atomic E-state index is -0.793. The third-order valence-electron chi connectivity index (χ3n) is 2.81. The van der Waals surface area contributed by atoms with Gasteiger partial charge in [-0.1, -0.05) is 0 Å². The number of rotatable bonds is 4. The van der Waals surface area contributed by atoms with Crippen LogP contribution in [0.15, 0.2) is 18.6 Å². The number of ether oxygens (including phenoxy) is 1. The van der Waals surface area contributed by atoms with Gasteiger partial charge in [-0.15, -0.1) is 0 Å². The molecule has 18 heavy (non-hydrogen) atoms. The van der Waals surface area contributed by atoms with E-state index in [9.17, 15) is 5.11 Å². The molecule has 0 aliphatic rings. The van der Waals surface area contributed by atoms with Crippen LogP contribution in [0.25, 0.3) is 0 Å². The van der Waals surface area contributed by atoms with Crippen LogP contribution in [0.1, 0.15) is 37.3 Å². The lowest BCUT2D eigenvalue weighted by Crippen LogP contribution is -2.12. The van der Waals surface area contributed by atoms with E-state index < -0.39 is 6.10 Å². The van der Waals surface area contributed by atoms with Gasteiger partial charge in [0.1, 0.15) is 11.8 Å². The third kappa shape index (κ3) is 2.11. The number of aliphatic hydroxyl groups is 1. The van der Waals surface area contributed by atoms with E-state index in [0.29, 0.717) is 11.4 Å². The van der Waals surface area contributed by atoms with Gasteiger partial charge in [0, 0.05) is 24.8 Å². The lowest BCUT2D eigenvalue weighted by molar-refractivity contribution is 0.199. The van der Waals surface area contributed by atoms with E-state index in [4.69, 9.17) is 4.74 Å². The molecule has 1 unspecified atom stereocenters. The number of aromatic nitrogens is 4. The van der Waals surface area contributed by atoms with Gasteiger partial charge in [0.25, 0.3) is 0 Å². The molecule has 2 heterocycles. The fourth-order valence-corrected chi connectivity index (χ4v) is 1.92. The average Bonchev–Trinajstić information content (AvgIpc) is 2.93. The van der Waals surface area contributed by atoms with E-state index in [-0.39, 0.29) is 6.04 Å². The van der Waals surface area contributed by atoms with Gasteiger partial charge in [0.05, 0.1) is 19.5 Å². The molecule has 2 aromatic rings. The highest BCUT2D eigenvalue weighted by atomic mass is 16.5. The second-order valence-corrected chi connectivity index (χ2v) is 4.49. The Morgan fingerprint density at radius 3 is 2.50 bits per heavy atom. The van der Waals surface area contributed by atoms with E-state index in [0.717, 1.165) is 5.56 Å². The summed E-state index contributed by atoms with van der Waals surface area (Å²) >= 11 is 0. The third-order valence-corrected chi connectivity index (χ3v) is 2.81. The molecular formula is C12H18N4O2. The van der Waals surface area contributed by atoms with Gasteiger partial charge in [-0.3, -0.25) is 9.36 Å². The minimum Gasteiger partial charge on any atom is -0.493 e. The first-order valence-electron chi connectivity index (χ1n) is 5.82. The number of aliphatic hydroxyl groups excluding tert-OH is 1. The highest BCUT2D eigenvalue weighted by Gasteiger charge is 2.23. The quantitative estimate of drug-likeness (QED) is 0.888. The smallest absolute Gasteiger partial charge is 0.163 e. The molecule has 1 N–H and O–H groups in total. The van der Waals surface area contributed by atoms with Crippen molar-refractivity contribution in [1.29, 1.82) is 0 Å². The summed E-state index contributed by atoms with van der Waals surface area (Å²) in [5, 5.41) is 18.7. The molecule has 0 bridgehead atoms. The van der Waals surface area contributed by atoms with Gasteiger partial charge < -0.3 is 9.84 Å². The summed E-state index contributed by atoms with van der Waals surface area (Å²) in [4.78, 5) is 0. The largest absolute Gasteiger partial charge is 0.493 e. The standard InChI is InChI=1S/C12H18N4O2/c1-8(2)16-11(10(18-4)6-14-16)12(17)9-5-13-15(3)7-9/h5-8,12,17H,1-4H3. The molecule has 6 heteroatoms. The van der Waals surface area contributed by atoms with E-state index in [1.54, 1.807) is 35.1 Å². The molecule has 0 fully saturated rings. The van der Waals surface area contributed by atoms with Crippen molar-refractivity contribution in [2.24, 2.45) is 7.05 Å². The summed E-state index contributed by atoms with van der Waals surface area (Å²) < 4.78 is 8.67. The van der Waals surface area contributed by atoms with Crippen molar-refractivity contribution in [3.05, 3.63) is 29.8 Å². The maximum absolute atomic E-state index is 10.4. The summed E-state index contributed by atoms with van der Waals surface area (Å²) in [6.45, 7) is 4.01. The predicted octanol–water partition coefficient (Wildman–Crippen LogP) is 1.29. The summed E-state index contributed by atoms with van der Waals surface area (Å²) in [6.07, 6.45) is 4.25. The van der Waals surface area contributed by atoms with Crippen LogP contribution in [0.4, 0.5) is 0 Å². The molecule has 0 saturated heterocycles. The first kappa shape index (κ1) is 12.6. The van der Waals surface area contributed by atoms with Crippen molar-refractivity contribution in [2.75, 3.05) is 7.11 Å². The first-order chi connectivity index (χ1) is 8.54. The molecule has 2 aromatic heterocycles. The van der Waals surface area contributed by atoms with Crippen LogP contribution in [0, 0.1) is 0 Å². The van der Waals surface area contributed by atoms with E-state index >= 15 is 0 Å². The number of aryl methyl sites for hydroxylation is 1. The molecule has 0 saturated carbocycles. The Hall–Kier alpha value is -1.82. The zero-order chi connectivity index (χ0) is 13.3. The number of methoxy groups -OCH3 is 1. The molecule has 0 amide bonds. The van der Waals surface area contributed by atoms with E-state index in [2.05, 4.69) is 10.2 Å². The van der Waals surface area contributed by atoms with Gasteiger partial charge in [0.15, 0.2) is 5.75 Å².